The van der Waals surface area contributed by atoms with Gasteiger partial charge in [0.2, 0.25) is 0 Å². The van der Waals surface area contributed by atoms with Crippen LogP contribution in [-0.4, -0.2) is 19.9 Å². The molecule has 0 unspecified atom stereocenters. The molecule has 0 aliphatic carbocycles. The first-order valence-corrected chi connectivity index (χ1v) is 5.10. The van der Waals surface area contributed by atoms with Gasteiger partial charge in [0, 0.05) is 11.1 Å². The molecular weight excluding hydrogens is 289 g/mol. The molecule has 1 aromatic heterocycles. The normalized spacial score (nSPS) is 11.6. The summed E-state index contributed by atoms with van der Waals surface area (Å²) in [5.41, 5.74) is -1.86. The monoisotopic (exact) mass is 292 g/mol. The predicted molar refractivity (Wildman–Crippen MR) is 58.0 cm³/mol. The molecule has 0 aliphatic heterocycles. The molecule has 0 saturated heterocycles. The van der Waals surface area contributed by atoms with Crippen LogP contribution in [-0.2, 0) is 6.18 Å². The Morgan fingerprint density at radius 1 is 1.37 bits per heavy atom. The van der Waals surface area contributed by atoms with Gasteiger partial charge in [-0.3, -0.25) is 10.1 Å². The van der Waals surface area contributed by atoms with Crippen LogP contribution in [0.3, 0.4) is 0 Å². The molecule has 0 aliphatic rings. The molecule has 19 heavy (non-hydrogen) atoms. The van der Waals surface area contributed by atoms with E-state index >= 15 is 0 Å². The van der Waals surface area contributed by atoms with Gasteiger partial charge in [-0.05, 0) is 12.1 Å². The highest BCUT2D eigenvalue weighted by Gasteiger charge is 2.35. The van der Waals surface area contributed by atoms with E-state index in [4.69, 9.17) is 11.6 Å². The number of nitro groups is 1. The molecule has 0 spiro atoms. The number of aromatic nitrogens is 3. The average Bonchev–Trinajstić information content (AvgIpc) is 2.77. The third-order valence-corrected chi connectivity index (χ3v) is 2.40. The highest BCUT2D eigenvalue weighted by Crippen LogP contribution is 2.30. The fraction of sp³-hybridized carbons (Fsp3) is 0.111. The Bertz CT molecular complexity index is 641. The summed E-state index contributed by atoms with van der Waals surface area (Å²) in [6.45, 7) is 0. The van der Waals surface area contributed by atoms with Gasteiger partial charge in [0.15, 0.2) is 5.69 Å². The fourth-order valence-electron chi connectivity index (χ4n) is 1.35. The number of halogens is 4. The molecule has 1 heterocycles. The van der Waals surface area contributed by atoms with E-state index < -0.39 is 22.5 Å². The minimum Gasteiger partial charge on any atom is -0.258 e. The van der Waals surface area contributed by atoms with E-state index in [1.807, 2.05) is 0 Å². The Balaban J connectivity index is 2.53. The standard InChI is InChI=1S/C9H4ClF3N4O2/c10-5-1-2-6(7(3-5)17(18)19)16-4-8(14-15-16)9(11,12)13/h1-4H. The first kappa shape index (κ1) is 13.3. The van der Waals surface area contributed by atoms with Crippen LogP contribution in [0.5, 0.6) is 0 Å². The van der Waals surface area contributed by atoms with Crippen LogP contribution in [0.4, 0.5) is 18.9 Å². The number of benzene rings is 1. The molecular formula is C9H4ClF3N4O2. The van der Waals surface area contributed by atoms with Crippen molar-refractivity contribution in [2.45, 2.75) is 6.18 Å². The lowest BCUT2D eigenvalue weighted by atomic mass is 10.2. The van der Waals surface area contributed by atoms with Crippen molar-refractivity contribution in [2.24, 2.45) is 0 Å². The third-order valence-electron chi connectivity index (χ3n) is 2.16. The summed E-state index contributed by atoms with van der Waals surface area (Å²) >= 11 is 5.60. The second-order valence-corrected chi connectivity index (χ2v) is 3.87. The van der Waals surface area contributed by atoms with Crippen LogP contribution in [0.15, 0.2) is 24.4 Å². The van der Waals surface area contributed by atoms with Crippen LogP contribution >= 0.6 is 11.6 Å². The lowest BCUT2D eigenvalue weighted by Crippen LogP contribution is -2.05. The summed E-state index contributed by atoms with van der Waals surface area (Å²) in [5.74, 6) is 0. The zero-order valence-corrected chi connectivity index (χ0v) is 9.68. The summed E-state index contributed by atoms with van der Waals surface area (Å²) in [5, 5.41) is 17.0. The average molecular weight is 293 g/mol. The summed E-state index contributed by atoms with van der Waals surface area (Å²) in [4.78, 5) is 10.0. The number of alkyl halides is 3. The summed E-state index contributed by atoms with van der Waals surface area (Å²) in [6.07, 6.45) is -4.10. The minimum absolute atomic E-state index is 0.0895. The van der Waals surface area contributed by atoms with Crippen molar-refractivity contribution in [1.82, 2.24) is 15.0 Å². The zero-order valence-electron chi connectivity index (χ0n) is 8.93. The highest BCUT2D eigenvalue weighted by atomic mass is 35.5. The summed E-state index contributed by atoms with van der Waals surface area (Å²) in [6, 6.07) is 3.51. The smallest absolute Gasteiger partial charge is 0.258 e. The van der Waals surface area contributed by atoms with Gasteiger partial charge in [-0.15, -0.1) is 5.10 Å². The van der Waals surface area contributed by atoms with Crippen LogP contribution in [0, 0.1) is 10.1 Å². The molecule has 0 amide bonds. The maximum absolute atomic E-state index is 12.4. The molecule has 10 heteroatoms. The Hall–Kier alpha value is -2.16. The third kappa shape index (κ3) is 2.65. The second kappa shape index (κ2) is 4.50. The molecule has 0 fully saturated rings. The number of hydrogen-bond acceptors (Lipinski definition) is 4. The van der Waals surface area contributed by atoms with Gasteiger partial charge in [-0.2, -0.15) is 13.2 Å². The van der Waals surface area contributed by atoms with Gasteiger partial charge in [-0.25, -0.2) is 4.68 Å². The maximum atomic E-state index is 12.4. The van der Waals surface area contributed by atoms with Crippen LogP contribution < -0.4 is 0 Å². The lowest BCUT2D eigenvalue weighted by molar-refractivity contribution is -0.384. The first-order valence-electron chi connectivity index (χ1n) is 4.73. The Morgan fingerprint density at radius 2 is 2.05 bits per heavy atom. The van der Waals surface area contributed by atoms with Crippen molar-refractivity contribution in [3.8, 4) is 5.69 Å². The van der Waals surface area contributed by atoms with Gasteiger partial charge in [0.05, 0.1) is 11.1 Å². The molecule has 1 aromatic carbocycles. The number of rotatable bonds is 2. The first-order chi connectivity index (χ1) is 8.79. The molecule has 2 aromatic rings. The van der Waals surface area contributed by atoms with Crippen molar-refractivity contribution in [3.63, 3.8) is 0 Å². The van der Waals surface area contributed by atoms with Crippen molar-refractivity contribution < 1.29 is 18.1 Å². The van der Waals surface area contributed by atoms with Gasteiger partial charge in [-0.1, -0.05) is 16.8 Å². The molecule has 6 nitrogen and oxygen atoms in total. The number of nitro benzene ring substituents is 1. The van der Waals surface area contributed by atoms with E-state index in [-0.39, 0.29) is 10.7 Å². The van der Waals surface area contributed by atoms with Crippen LogP contribution in [0.25, 0.3) is 5.69 Å². The zero-order chi connectivity index (χ0) is 14.2. The van der Waals surface area contributed by atoms with Gasteiger partial charge >= 0.3 is 6.18 Å². The SMILES string of the molecule is O=[N+]([O-])c1cc(Cl)ccc1-n1cc(C(F)(F)F)nn1. The Morgan fingerprint density at radius 3 is 2.58 bits per heavy atom. The topological polar surface area (TPSA) is 73.8 Å². The molecule has 0 radical (unpaired) electrons. The second-order valence-electron chi connectivity index (χ2n) is 3.44. The van der Waals surface area contributed by atoms with Crippen LogP contribution in [0.2, 0.25) is 5.02 Å². The lowest BCUT2D eigenvalue weighted by Gasteiger charge is -2.02. The molecule has 0 atom stereocenters. The molecule has 100 valence electrons. The predicted octanol–water partition coefficient (Wildman–Crippen LogP) is 2.85. The van der Waals surface area contributed by atoms with E-state index in [0.29, 0.717) is 10.9 Å². The van der Waals surface area contributed by atoms with Crippen molar-refractivity contribution in [2.75, 3.05) is 0 Å². The number of hydrogen-bond donors (Lipinski definition) is 0. The minimum atomic E-state index is -4.67. The van der Waals surface area contributed by atoms with Crippen molar-refractivity contribution >= 4 is 17.3 Å². The fourth-order valence-corrected chi connectivity index (χ4v) is 1.51. The summed E-state index contributed by atoms with van der Waals surface area (Å²) in [7, 11) is 0. The van der Waals surface area contributed by atoms with E-state index in [1.54, 1.807) is 0 Å². The van der Waals surface area contributed by atoms with Gasteiger partial charge in [0.1, 0.15) is 5.69 Å². The molecule has 0 bridgehead atoms. The molecule has 0 saturated carbocycles. The van der Waals surface area contributed by atoms with E-state index in [0.717, 1.165) is 6.07 Å². The largest absolute Gasteiger partial charge is 0.436 e. The summed E-state index contributed by atoms with van der Waals surface area (Å²) < 4.78 is 37.8. The highest BCUT2D eigenvalue weighted by molar-refractivity contribution is 6.30. The van der Waals surface area contributed by atoms with Crippen molar-refractivity contribution in [1.29, 1.82) is 0 Å². The van der Waals surface area contributed by atoms with Crippen molar-refractivity contribution in [3.05, 3.63) is 45.2 Å². The van der Waals surface area contributed by atoms with Gasteiger partial charge in [0.25, 0.3) is 5.69 Å². The Labute approximate surface area is 108 Å². The van der Waals surface area contributed by atoms with Crippen LogP contribution in [0.1, 0.15) is 5.69 Å². The maximum Gasteiger partial charge on any atom is 0.436 e. The van der Waals surface area contributed by atoms with E-state index in [9.17, 15) is 23.3 Å². The molecule has 0 N–H and O–H groups in total. The Kier molecular flexibility index (Phi) is 3.14. The van der Waals surface area contributed by atoms with E-state index in [1.165, 1.54) is 12.1 Å². The molecule has 2 rings (SSSR count). The van der Waals surface area contributed by atoms with E-state index in [2.05, 4.69) is 10.3 Å². The quantitative estimate of drug-likeness (QED) is 0.630. The van der Waals surface area contributed by atoms with Gasteiger partial charge < -0.3 is 0 Å². The number of nitrogens with zero attached hydrogens (tertiary/aromatic N) is 4.